The van der Waals surface area contributed by atoms with E-state index < -0.39 is 0 Å². The van der Waals surface area contributed by atoms with Crippen LogP contribution in [-0.2, 0) is 11.3 Å². The summed E-state index contributed by atoms with van der Waals surface area (Å²) in [6.45, 7) is 1.55. The first-order valence-corrected chi connectivity index (χ1v) is 7.50. The zero-order valence-electron chi connectivity index (χ0n) is 12.3. The fourth-order valence-corrected chi connectivity index (χ4v) is 2.61. The molecule has 0 aromatic carbocycles. The Kier molecular flexibility index (Phi) is 4.27. The van der Waals surface area contributed by atoms with Crippen molar-refractivity contribution in [1.82, 2.24) is 19.7 Å². The van der Waals surface area contributed by atoms with E-state index in [1.54, 1.807) is 18.5 Å². The van der Waals surface area contributed by atoms with Crippen LogP contribution in [0.2, 0.25) is 0 Å². The average molecular weight is 298 g/mol. The lowest BCUT2D eigenvalue weighted by Crippen LogP contribution is -2.40. The summed E-state index contributed by atoms with van der Waals surface area (Å²) in [5.74, 6) is -0.0406. The second-order valence-corrected chi connectivity index (χ2v) is 5.39. The Bertz CT molecular complexity index is 706. The summed E-state index contributed by atoms with van der Waals surface area (Å²) in [5.41, 5.74) is 1.27. The van der Waals surface area contributed by atoms with Crippen molar-refractivity contribution in [2.75, 3.05) is 13.1 Å². The third-order valence-corrected chi connectivity index (χ3v) is 3.84. The van der Waals surface area contributed by atoms with E-state index in [-0.39, 0.29) is 18.0 Å². The molecule has 3 rings (SSSR count). The molecule has 0 atom stereocenters. The maximum Gasteiger partial charge on any atom is 0.267 e. The van der Waals surface area contributed by atoms with Gasteiger partial charge < -0.3 is 4.90 Å². The van der Waals surface area contributed by atoms with Crippen LogP contribution in [0.3, 0.4) is 0 Å². The van der Waals surface area contributed by atoms with Gasteiger partial charge in [-0.2, -0.15) is 5.10 Å². The molecule has 0 N–H and O–H groups in total. The Hall–Kier alpha value is -2.50. The van der Waals surface area contributed by atoms with Crippen LogP contribution in [0.5, 0.6) is 0 Å². The molecule has 0 radical (unpaired) electrons. The molecule has 1 saturated heterocycles. The van der Waals surface area contributed by atoms with Crippen LogP contribution in [0.25, 0.3) is 11.3 Å². The number of piperidine rings is 1. The monoisotopic (exact) mass is 298 g/mol. The quantitative estimate of drug-likeness (QED) is 0.857. The summed E-state index contributed by atoms with van der Waals surface area (Å²) in [5, 5.41) is 4.31. The van der Waals surface area contributed by atoms with E-state index in [2.05, 4.69) is 10.1 Å². The highest BCUT2D eigenvalue weighted by Crippen LogP contribution is 2.13. The van der Waals surface area contributed by atoms with Crippen molar-refractivity contribution < 1.29 is 4.79 Å². The van der Waals surface area contributed by atoms with Crippen LogP contribution in [0.15, 0.2) is 41.5 Å². The molecular weight excluding hydrogens is 280 g/mol. The minimum atomic E-state index is -0.261. The molecule has 1 aliphatic heterocycles. The summed E-state index contributed by atoms with van der Waals surface area (Å²) in [6.07, 6.45) is 6.58. The van der Waals surface area contributed by atoms with Gasteiger partial charge in [0.15, 0.2) is 0 Å². The van der Waals surface area contributed by atoms with Gasteiger partial charge >= 0.3 is 0 Å². The lowest BCUT2D eigenvalue weighted by molar-refractivity contribution is -0.133. The number of hydrogen-bond acceptors (Lipinski definition) is 4. The van der Waals surface area contributed by atoms with Crippen molar-refractivity contribution in [1.29, 1.82) is 0 Å². The van der Waals surface area contributed by atoms with Crippen molar-refractivity contribution in [3.05, 3.63) is 47.0 Å². The van der Waals surface area contributed by atoms with Crippen LogP contribution < -0.4 is 5.56 Å². The smallest absolute Gasteiger partial charge is 0.267 e. The molecule has 2 aromatic heterocycles. The first-order valence-electron chi connectivity index (χ1n) is 7.50. The Balaban J connectivity index is 1.81. The maximum atomic E-state index is 12.3. The number of nitrogens with zero attached hydrogens (tertiary/aromatic N) is 4. The van der Waals surface area contributed by atoms with Gasteiger partial charge in [0.2, 0.25) is 5.91 Å². The number of rotatable bonds is 3. The number of carbonyl (C=O) groups excluding carboxylic acids is 1. The largest absolute Gasteiger partial charge is 0.341 e. The third kappa shape index (κ3) is 3.21. The van der Waals surface area contributed by atoms with Crippen molar-refractivity contribution in [3.8, 4) is 11.3 Å². The number of pyridine rings is 1. The highest BCUT2D eigenvalue weighted by Gasteiger charge is 2.17. The summed E-state index contributed by atoms with van der Waals surface area (Å²) in [4.78, 5) is 30.0. The van der Waals surface area contributed by atoms with E-state index in [4.69, 9.17) is 0 Å². The minimum absolute atomic E-state index is 0.00223. The summed E-state index contributed by atoms with van der Waals surface area (Å²) < 4.78 is 1.24. The van der Waals surface area contributed by atoms with Crippen molar-refractivity contribution in [2.45, 2.75) is 25.8 Å². The van der Waals surface area contributed by atoms with Crippen LogP contribution in [0.4, 0.5) is 0 Å². The minimum Gasteiger partial charge on any atom is -0.341 e. The topological polar surface area (TPSA) is 68.1 Å². The van der Waals surface area contributed by atoms with Gasteiger partial charge in [0, 0.05) is 37.1 Å². The van der Waals surface area contributed by atoms with Crippen LogP contribution in [0, 0.1) is 0 Å². The molecule has 0 spiro atoms. The van der Waals surface area contributed by atoms with Crippen molar-refractivity contribution in [3.63, 3.8) is 0 Å². The number of likely N-dealkylation sites (tertiary alicyclic amines) is 1. The zero-order chi connectivity index (χ0) is 15.4. The first kappa shape index (κ1) is 14.4. The highest BCUT2D eigenvalue weighted by molar-refractivity contribution is 5.76. The molecule has 0 saturated carbocycles. The number of hydrogen-bond donors (Lipinski definition) is 0. The molecule has 114 valence electrons. The molecule has 3 heterocycles. The van der Waals surface area contributed by atoms with Gasteiger partial charge in [-0.05, 0) is 37.5 Å². The van der Waals surface area contributed by atoms with Crippen molar-refractivity contribution >= 4 is 5.91 Å². The molecule has 6 heteroatoms. The van der Waals surface area contributed by atoms with E-state index in [0.29, 0.717) is 5.69 Å². The molecule has 2 aromatic rings. The van der Waals surface area contributed by atoms with Gasteiger partial charge in [0.25, 0.3) is 5.56 Å². The Labute approximate surface area is 128 Å². The van der Waals surface area contributed by atoms with Gasteiger partial charge in [-0.3, -0.25) is 14.6 Å². The van der Waals surface area contributed by atoms with Crippen LogP contribution >= 0.6 is 0 Å². The summed E-state index contributed by atoms with van der Waals surface area (Å²) in [7, 11) is 0. The Morgan fingerprint density at radius 1 is 1.05 bits per heavy atom. The molecule has 1 amide bonds. The van der Waals surface area contributed by atoms with Gasteiger partial charge in [0.1, 0.15) is 6.54 Å². The molecule has 0 bridgehead atoms. The van der Waals surface area contributed by atoms with Crippen LogP contribution in [0.1, 0.15) is 19.3 Å². The van der Waals surface area contributed by atoms with E-state index >= 15 is 0 Å². The highest BCUT2D eigenvalue weighted by atomic mass is 16.2. The van der Waals surface area contributed by atoms with Gasteiger partial charge in [-0.25, -0.2) is 4.68 Å². The fourth-order valence-electron chi connectivity index (χ4n) is 2.61. The lowest BCUT2D eigenvalue weighted by atomic mass is 10.1. The molecule has 6 nitrogen and oxygen atoms in total. The second-order valence-electron chi connectivity index (χ2n) is 5.39. The predicted molar refractivity (Wildman–Crippen MR) is 82.2 cm³/mol. The SMILES string of the molecule is O=C(Cn1nc(-c2ccncc2)ccc1=O)N1CCCCC1. The van der Waals surface area contributed by atoms with Gasteiger partial charge in [-0.1, -0.05) is 0 Å². The molecule has 22 heavy (non-hydrogen) atoms. The number of aromatic nitrogens is 3. The van der Waals surface area contributed by atoms with Gasteiger partial charge in [-0.15, -0.1) is 0 Å². The zero-order valence-corrected chi connectivity index (χ0v) is 12.3. The summed E-state index contributed by atoms with van der Waals surface area (Å²) in [6, 6.07) is 6.76. The molecule has 0 aliphatic carbocycles. The predicted octanol–water partition coefficient (Wildman–Crippen LogP) is 1.32. The molecule has 1 fully saturated rings. The number of amides is 1. The van der Waals surface area contributed by atoms with E-state index in [1.165, 1.54) is 17.2 Å². The number of carbonyl (C=O) groups is 1. The second kappa shape index (κ2) is 6.51. The van der Waals surface area contributed by atoms with Gasteiger partial charge in [0.05, 0.1) is 5.69 Å². The molecular formula is C16H18N4O2. The fraction of sp³-hybridized carbons (Fsp3) is 0.375. The molecule has 1 aliphatic rings. The average Bonchev–Trinajstić information content (AvgIpc) is 2.58. The van der Waals surface area contributed by atoms with Crippen molar-refractivity contribution in [2.24, 2.45) is 0 Å². The maximum absolute atomic E-state index is 12.3. The third-order valence-electron chi connectivity index (χ3n) is 3.84. The molecule has 0 unspecified atom stereocenters. The van der Waals surface area contributed by atoms with E-state index in [9.17, 15) is 9.59 Å². The lowest BCUT2D eigenvalue weighted by Gasteiger charge is -2.26. The van der Waals surface area contributed by atoms with E-state index in [0.717, 1.165) is 31.5 Å². The van der Waals surface area contributed by atoms with Crippen LogP contribution in [-0.4, -0.2) is 38.7 Å². The summed E-state index contributed by atoms with van der Waals surface area (Å²) >= 11 is 0. The Morgan fingerprint density at radius 2 is 1.77 bits per heavy atom. The first-order chi connectivity index (χ1) is 10.7. The normalized spacial score (nSPS) is 14.8. The Morgan fingerprint density at radius 3 is 2.50 bits per heavy atom. The standard InChI is InChI=1S/C16H18N4O2/c21-15-5-4-14(13-6-8-17-9-7-13)18-20(15)12-16(22)19-10-2-1-3-11-19/h4-9H,1-3,10-12H2. The van der Waals surface area contributed by atoms with E-state index in [1.807, 2.05) is 17.0 Å².